The van der Waals surface area contributed by atoms with E-state index < -0.39 is 0 Å². The zero-order chi connectivity index (χ0) is 19.8. The molecule has 6 heteroatoms. The Morgan fingerprint density at radius 2 is 1.90 bits per heavy atom. The zero-order valence-corrected chi connectivity index (χ0v) is 17.1. The maximum atomic E-state index is 12.8. The molecule has 1 unspecified atom stereocenters. The van der Waals surface area contributed by atoms with Crippen LogP contribution < -0.4 is 20.3 Å². The number of benzene rings is 2. The first-order valence-electron chi connectivity index (χ1n) is 9.97. The summed E-state index contributed by atoms with van der Waals surface area (Å²) >= 11 is 1.74. The fraction of sp³-hybridized carbons (Fsp3) is 0.261. The van der Waals surface area contributed by atoms with Gasteiger partial charge in [0.15, 0.2) is 0 Å². The fourth-order valence-corrected chi connectivity index (χ4v) is 5.38. The molecular weight excluding hydrogens is 382 g/mol. The van der Waals surface area contributed by atoms with Gasteiger partial charge in [-0.1, -0.05) is 42.5 Å². The monoisotopic (exact) mass is 406 g/mol. The normalized spacial score (nSPS) is 20.2. The van der Waals surface area contributed by atoms with Crippen LogP contribution in [-0.2, 0) is 19.6 Å². The summed E-state index contributed by atoms with van der Waals surface area (Å²) in [4.78, 5) is 15.7. The Kier molecular flexibility index (Phi) is 4.73. The molecule has 3 aromatic rings. The smallest absolute Gasteiger partial charge is 0.256 e. The van der Waals surface area contributed by atoms with E-state index in [0.717, 1.165) is 47.0 Å². The molecule has 3 N–H and O–H groups in total. The maximum Gasteiger partial charge on any atom is 0.256 e. The van der Waals surface area contributed by atoms with Gasteiger partial charge in [0.2, 0.25) is 0 Å². The van der Waals surface area contributed by atoms with Crippen molar-refractivity contribution in [3.8, 4) is 5.75 Å². The average Bonchev–Trinajstić information content (AvgIpc) is 3.11. The highest BCUT2D eigenvalue weighted by Crippen LogP contribution is 2.39. The third kappa shape index (κ3) is 3.61. The molecule has 0 fully saturated rings. The van der Waals surface area contributed by atoms with E-state index in [2.05, 4.69) is 17.7 Å². The molecular formula is C23H24N3O2S+. The molecule has 2 atom stereocenters. The first-order valence-corrected chi connectivity index (χ1v) is 10.8. The van der Waals surface area contributed by atoms with Gasteiger partial charge >= 0.3 is 0 Å². The number of carbonyl (C=O) groups excluding carboxylic acids is 1. The standard InChI is InChI=1S/C23H23N3O2S/c1-26-12-11-18-19(13-26)29-23-20(18)22(27)24-21(25-23)16-7-9-17(10-8-16)28-14-15-5-3-2-4-6-15/h2-10,21,25H,11-14H2,1H3,(H,24,27)/p+1/t21-/m0/s1. The van der Waals surface area contributed by atoms with Gasteiger partial charge in [-0.05, 0) is 28.8 Å². The van der Waals surface area contributed by atoms with E-state index in [9.17, 15) is 4.79 Å². The Labute approximate surface area is 174 Å². The number of carbonyl (C=O) groups is 1. The molecule has 0 saturated heterocycles. The summed E-state index contributed by atoms with van der Waals surface area (Å²) in [6.45, 7) is 2.62. The van der Waals surface area contributed by atoms with Crippen molar-refractivity contribution in [3.05, 3.63) is 81.7 Å². The van der Waals surface area contributed by atoms with Crippen LogP contribution in [0, 0.1) is 0 Å². The first kappa shape index (κ1) is 18.2. The number of likely N-dealkylation sites (N-methyl/N-ethyl adjacent to an activating group) is 1. The number of ether oxygens (including phenoxy) is 1. The second kappa shape index (κ2) is 7.54. The molecule has 2 aliphatic heterocycles. The Morgan fingerprint density at radius 3 is 2.69 bits per heavy atom. The quantitative estimate of drug-likeness (QED) is 0.625. The third-order valence-corrected chi connectivity index (χ3v) is 6.76. The van der Waals surface area contributed by atoms with Crippen LogP contribution in [0.15, 0.2) is 54.6 Å². The molecule has 1 amide bonds. The van der Waals surface area contributed by atoms with Gasteiger partial charge in [-0.25, -0.2) is 0 Å². The van der Waals surface area contributed by atoms with E-state index >= 15 is 0 Å². The second-order valence-electron chi connectivity index (χ2n) is 7.74. The van der Waals surface area contributed by atoms with Crippen LogP contribution in [0.3, 0.4) is 0 Å². The van der Waals surface area contributed by atoms with Crippen LogP contribution in [0.4, 0.5) is 5.00 Å². The Morgan fingerprint density at radius 1 is 1.10 bits per heavy atom. The van der Waals surface area contributed by atoms with E-state index in [4.69, 9.17) is 4.74 Å². The molecule has 5 nitrogen and oxygen atoms in total. The number of thiophene rings is 1. The van der Waals surface area contributed by atoms with Crippen molar-refractivity contribution in [2.24, 2.45) is 0 Å². The fourth-order valence-electron chi connectivity index (χ4n) is 4.00. The zero-order valence-electron chi connectivity index (χ0n) is 16.3. The predicted octanol–water partition coefficient (Wildman–Crippen LogP) is 2.75. The summed E-state index contributed by atoms with van der Waals surface area (Å²) in [5.41, 5.74) is 4.25. The minimum Gasteiger partial charge on any atom is -0.489 e. The second-order valence-corrected chi connectivity index (χ2v) is 8.84. The summed E-state index contributed by atoms with van der Waals surface area (Å²) in [6.07, 6.45) is 0.753. The van der Waals surface area contributed by atoms with Gasteiger partial charge in [-0.3, -0.25) is 4.79 Å². The molecule has 2 aliphatic rings. The third-order valence-electron chi connectivity index (χ3n) is 5.59. The molecule has 3 heterocycles. The Balaban J connectivity index is 1.30. The van der Waals surface area contributed by atoms with Crippen molar-refractivity contribution in [3.63, 3.8) is 0 Å². The molecule has 5 rings (SSSR count). The number of amides is 1. The number of hydrogen-bond donors (Lipinski definition) is 3. The molecule has 0 radical (unpaired) electrons. The van der Waals surface area contributed by atoms with E-state index in [0.29, 0.717) is 6.61 Å². The molecule has 2 aromatic carbocycles. The first-order chi connectivity index (χ1) is 14.2. The molecule has 0 aliphatic carbocycles. The number of fused-ring (bicyclic) bond motifs is 3. The number of quaternary nitrogens is 1. The summed E-state index contributed by atoms with van der Waals surface area (Å²) in [6, 6.07) is 18.0. The summed E-state index contributed by atoms with van der Waals surface area (Å²) in [5, 5.41) is 7.65. The van der Waals surface area contributed by atoms with Crippen molar-refractivity contribution in [1.29, 1.82) is 0 Å². The van der Waals surface area contributed by atoms with E-state index in [1.807, 2.05) is 54.6 Å². The summed E-state index contributed by atoms with van der Waals surface area (Å²) < 4.78 is 5.87. The Hall–Kier alpha value is -2.83. The number of hydrogen-bond acceptors (Lipinski definition) is 4. The Bertz CT molecular complexity index is 1030. The lowest BCUT2D eigenvalue weighted by atomic mass is 10.0. The predicted molar refractivity (Wildman–Crippen MR) is 115 cm³/mol. The van der Waals surface area contributed by atoms with Crippen molar-refractivity contribution >= 4 is 22.2 Å². The number of anilines is 1. The molecule has 0 saturated carbocycles. The lowest BCUT2D eigenvalue weighted by Crippen LogP contribution is -3.08. The van der Waals surface area contributed by atoms with Crippen molar-refractivity contribution in [2.45, 2.75) is 25.7 Å². The lowest BCUT2D eigenvalue weighted by Gasteiger charge is -2.27. The minimum absolute atomic E-state index is 0.0326. The van der Waals surface area contributed by atoms with Crippen molar-refractivity contribution < 1.29 is 14.4 Å². The van der Waals surface area contributed by atoms with Crippen LogP contribution in [0.2, 0.25) is 0 Å². The van der Waals surface area contributed by atoms with Gasteiger partial charge in [-0.2, -0.15) is 0 Å². The lowest BCUT2D eigenvalue weighted by molar-refractivity contribution is -0.895. The van der Waals surface area contributed by atoms with Crippen molar-refractivity contribution in [1.82, 2.24) is 5.32 Å². The van der Waals surface area contributed by atoms with Crippen LogP contribution in [0.25, 0.3) is 0 Å². The van der Waals surface area contributed by atoms with E-state index in [1.165, 1.54) is 15.3 Å². The minimum atomic E-state index is -0.219. The highest BCUT2D eigenvalue weighted by molar-refractivity contribution is 7.16. The van der Waals surface area contributed by atoms with Gasteiger partial charge in [0, 0.05) is 6.42 Å². The number of rotatable bonds is 4. The van der Waals surface area contributed by atoms with Crippen LogP contribution in [0.1, 0.15) is 38.1 Å². The van der Waals surface area contributed by atoms with Crippen LogP contribution in [-0.4, -0.2) is 19.5 Å². The average molecular weight is 407 g/mol. The van der Waals surface area contributed by atoms with Gasteiger partial charge in [-0.15, -0.1) is 11.3 Å². The maximum absolute atomic E-state index is 12.8. The topological polar surface area (TPSA) is 54.8 Å². The highest BCUT2D eigenvalue weighted by atomic mass is 32.1. The van der Waals surface area contributed by atoms with Crippen LogP contribution >= 0.6 is 11.3 Å². The van der Waals surface area contributed by atoms with E-state index in [-0.39, 0.29) is 12.1 Å². The van der Waals surface area contributed by atoms with Gasteiger partial charge in [0.05, 0.1) is 24.0 Å². The summed E-state index contributed by atoms with van der Waals surface area (Å²) in [5.74, 6) is 0.850. The van der Waals surface area contributed by atoms with E-state index in [1.54, 1.807) is 11.3 Å². The SMILES string of the molecule is C[NH+]1CCc2c(sc3c2C(=O)N[C@H](c2ccc(OCc4ccccc4)cc2)N3)C1. The van der Waals surface area contributed by atoms with Gasteiger partial charge < -0.3 is 20.3 Å². The largest absolute Gasteiger partial charge is 0.489 e. The molecule has 1 aromatic heterocycles. The van der Waals surface area contributed by atoms with Crippen LogP contribution in [0.5, 0.6) is 5.75 Å². The molecule has 148 valence electrons. The molecule has 29 heavy (non-hydrogen) atoms. The number of nitrogens with one attached hydrogen (secondary N) is 3. The van der Waals surface area contributed by atoms with Gasteiger partial charge in [0.25, 0.3) is 5.91 Å². The van der Waals surface area contributed by atoms with Crippen molar-refractivity contribution in [2.75, 3.05) is 18.9 Å². The van der Waals surface area contributed by atoms with Gasteiger partial charge in [0.1, 0.15) is 30.1 Å². The molecule has 0 spiro atoms. The molecule has 0 bridgehead atoms. The highest BCUT2D eigenvalue weighted by Gasteiger charge is 2.33. The summed E-state index contributed by atoms with van der Waals surface area (Å²) in [7, 11) is 2.21.